The van der Waals surface area contributed by atoms with Gasteiger partial charge >= 0.3 is 5.97 Å². The third kappa shape index (κ3) is 6.00. The van der Waals surface area contributed by atoms with Crippen molar-refractivity contribution in [1.82, 2.24) is 10.6 Å². The van der Waals surface area contributed by atoms with Gasteiger partial charge in [-0.2, -0.15) is 0 Å². The maximum absolute atomic E-state index is 11.5. The lowest BCUT2D eigenvalue weighted by molar-refractivity contribution is -0.142. The van der Waals surface area contributed by atoms with Crippen molar-refractivity contribution in [1.29, 1.82) is 0 Å². The summed E-state index contributed by atoms with van der Waals surface area (Å²) in [5, 5.41) is 4.89. The molecule has 1 atom stereocenters. The van der Waals surface area contributed by atoms with Gasteiger partial charge in [0.2, 0.25) is 11.8 Å². The van der Waals surface area contributed by atoms with Crippen molar-refractivity contribution in [2.45, 2.75) is 25.3 Å². The van der Waals surface area contributed by atoms with E-state index < -0.39 is 27.6 Å². The van der Waals surface area contributed by atoms with Crippen LogP contribution in [0.1, 0.15) is 19.3 Å². The molecular formula is C11H18N2O6S. The fourth-order valence-corrected chi connectivity index (χ4v) is 3.45. The summed E-state index contributed by atoms with van der Waals surface area (Å²) in [7, 11) is -1.82. The van der Waals surface area contributed by atoms with Gasteiger partial charge in [-0.15, -0.1) is 0 Å². The zero-order chi connectivity index (χ0) is 15.2. The third-order valence-electron chi connectivity index (χ3n) is 2.83. The van der Waals surface area contributed by atoms with Gasteiger partial charge in [-0.25, -0.2) is 8.42 Å². The molecule has 20 heavy (non-hydrogen) atoms. The number of nitrogens with one attached hydrogen (secondary N) is 2. The van der Waals surface area contributed by atoms with Gasteiger partial charge in [-0.05, 0) is 6.42 Å². The van der Waals surface area contributed by atoms with Gasteiger partial charge < -0.3 is 15.4 Å². The van der Waals surface area contributed by atoms with Crippen molar-refractivity contribution in [2.24, 2.45) is 0 Å². The van der Waals surface area contributed by atoms with E-state index in [1.54, 1.807) is 0 Å². The first kappa shape index (κ1) is 16.4. The van der Waals surface area contributed by atoms with Gasteiger partial charge in [0.05, 0.1) is 31.6 Å². The molecule has 1 aliphatic heterocycles. The van der Waals surface area contributed by atoms with Crippen LogP contribution >= 0.6 is 0 Å². The molecule has 0 aromatic carbocycles. The zero-order valence-electron chi connectivity index (χ0n) is 11.2. The molecule has 0 aromatic heterocycles. The van der Waals surface area contributed by atoms with E-state index in [0.717, 1.165) is 0 Å². The van der Waals surface area contributed by atoms with E-state index in [-0.39, 0.29) is 36.9 Å². The second-order valence-electron chi connectivity index (χ2n) is 4.52. The van der Waals surface area contributed by atoms with Crippen LogP contribution in [0, 0.1) is 0 Å². The lowest BCUT2D eigenvalue weighted by Crippen LogP contribution is -2.42. The fourth-order valence-electron chi connectivity index (χ4n) is 1.77. The SMILES string of the molecule is COC(=O)CCC(=O)NCC(=O)NC1CCS(=O)(=O)C1. The Labute approximate surface area is 117 Å². The van der Waals surface area contributed by atoms with Crippen LogP contribution in [0.5, 0.6) is 0 Å². The van der Waals surface area contributed by atoms with Gasteiger partial charge in [-0.1, -0.05) is 0 Å². The number of carbonyl (C=O) groups excluding carboxylic acids is 3. The van der Waals surface area contributed by atoms with Crippen LogP contribution in [-0.4, -0.2) is 57.4 Å². The molecule has 0 saturated carbocycles. The molecular weight excluding hydrogens is 288 g/mol. The standard InChI is InChI=1S/C11H18N2O6S/c1-19-11(16)3-2-9(14)12-6-10(15)13-8-4-5-20(17,18)7-8/h8H,2-7H2,1H3,(H,12,14)(H,13,15). The van der Waals surface area contributed by atoms with Crippen LogP contribution in [0.3, 0.4) is 0 Å². The fraction of sp³-hybridized carbons (Fsp3) is 0.727. The summed E-state index contributed by atoms with van der Waals surface area (Å²) in [5.74, 6) is -1.37. The molecule has 8 nitrogen and oxygen atoms in total. The number of sulfone groups is 1. The summed E-state index contributed by atoms with van der Waals surface area (Å²) < 4.78 is 26.8. The van der Waals surface area contributed by atoms with Gasteiger partial charge in [0, 0.05) is 12.5 Å². The Bertz CT molecular complexity index is 487. The highest BCUT2D eigenvalue weighted by molar-refractivity contribution is 7.91. The highest BCUT2D eigenvalue weighted by Crippen LogP contribution is 2.10. The summed E-state index contributed by atoms with van der Waals surface area (Å²) >= 11 is 0. The molecule has 1 aliphatic rings. The highest BCUT2D eigenvalue weighted by Gasteiger charge is 2.28. The number of esters is 1. The number of carbonyl (C=O) groups is 3. The topological polar surface area (TPSA) is 119 Å². The Kier molecular flexibility index (Phi) is 5.93. The van der Waals surface area contributed by atoms with E-state index in [9.17, 15) is 22.8 Å². The Morgan fingerprint density at radius 3 is 2.45 bits per heavy atom. The van der Waals surface area contributed by atoms with Crippen LogP contribution in [0.25, 0.3) is 0 Å². The average molecular weight is 306 g/mol. The molecule has 0 aliphatic carbocycles. The number of amides is 2. The Morgan fingerprint density at radius 2 is 1.90 bits per heavy atom. The number of hydrogen-bond donors (Lipinski definition) is 2. The third-order valence-corrected chi connectivity index (χ3v) is 4.60. The van der Waals surface area contributed by atoms with Crippen LogP contribution in [-0.2, 0) is 29.0 Å². The first-order valence-corrected chi connectivity index (χ1v) is 7.98. The van der Waals surface area contributed by atoms with Crippen LogP contribution in [0.15, 0.2) is 0 Å². The first-order chi connectivity index (χ1) is 9.32. The smallest absolute Gasteiger partial charge is 0.306 e. The number of hydrogen-bond acceptors (Lipinski definition) is 6. The average Bonchev–Trinajstić information content (AvgIpc) is 2.72. The summed E-state index contributed by atoms with van der Waals surface area (Å²) in [6.45, 7) is -0.240. The van der Waals surface area contributed by atoms with Crippen molar-refractivity contribution < 1.29 is 27.5 Å². The Hall–Kier alpha value is -1.64. The second kappa shape index (κ2) is 7.22. The Morgan fingerprint density at radius 1 is 1.20 bits per heavy atom. The molecule has 1 saturated heterocycles. The first-order valence-electron chi connectivity index (χ1n) is 6.15. The molecule has 1 fully saturated rings. The van der Waals surface area contributed by atoms with E-state index in [1.165, 1.54) is 7.11 Å². The summed E-state index contributed by atoms with van der Waals surface area (Å²) in [6.07, 6.45) is 0.285. The molecule has 9 heteroatoms. The van der Waals surface area contributed by atoms with E-state index >= 15 is 0 Å². The monoisotopic (exact) mass is 306 g/mol. The molecule has 0 bridgehead atoms. The van der Waals surface area contributed by atoms with Crippen molar-refractivity contribution >= 4 is 27.6 Å². The molecule has 1 heterocycles. The normalized spacial score (nSPS) is 20.1. The van der Waals surface area contributed by atoms with E-state index in [2.05, 4.69) is 15.4 Å². The quantitative estimate of drug-likeness (QED) is 0.568. The van der Waals surface area contributed by atoms with E-state index in [0.29, 0.717) is 6.42 Å². The highest BCUT2D eigenvalue weighted by atomic mass is 32.2. The molecule has 2 N–H and O–H groups in total. The van der Waals surface area contributed by atoms with Crippen LogP contribution in [0.4, 0.5) is 0 Å². The lowest BCUT2D eigenvalue weighted by Gasteiger charge is -2.11. The molecule has 0 radical (unpaired) electrons. The minimum atomic E-state index is -3.05. The zero-order valence-corrected chi connectivity index (χ0v) is 12.0. The van der Waals surface area contributed by atoms with Crippen LogP contribution in [0.2, 0.25) is 0 Å². The lowest BCUT2D eigenvalue weighted by atomic mass is 10.2. The van der Waals surface area contributed by atoms with Gasteiger partial charge in [0.1, 0.15) is 0 Å². The molecule has 0 aromatic rings. The molecule has 1 unspecified atom stereocenters. The largest absolute Gasteiger partial charge is 0.469 e. The Balaban J connectivity index is 2.20. The number of rotatable bonds is 6. The molecule has 0 spiro atoms. The minimum Gasteiger partial charge on any atom is -0.469 e. The molecule has 114 valence electrons. The predicted octanol–water partition coefficient (Wildman–Crippen LogP) is -1.64. The van der Waals surface area contributed by atoms with Crippen LogP contribution < -0.4 is 10.6 Å². The second-order valence-corrected chi connectivity index (χ2v) is 6.75. The summed E-state index contributed by atoms with van der Waals surface area (Å²) in [4.78, 5) is 33.6. The molecule has 1 rings (SSSR count). The van der Waals surface area contributed by atoms with Gasteiger partial charge in [0.15, 0.2) is 9.84 Å². The predicted molar refractivity (Wildman–Crippen MR) is 69.5 cm³/mol. The van der Waals surface area contributed by atoms with Gasteiger partial charge in [0.25, 0.3) is 0 Å². The number of ether oxygens (including phenoxy) is 1. The van der Waals surface area contributed by atoms with Crippen molar-refractivity contribution in [3.8, 4) is 0 Å². The molecule has 2 amide bonds. The summed E-state index contributed by atoms with van der Waals surface area (Å²) in [5.41, 5.74) is 0. The number of methoxy groups -OCH3 is 1. The van der Waals surface area contributed by atoms with Gasteiger partial charge in [-0.3, -0.25) is 14.4 Å². The summed E-state index contributed by atoms with van der Waals surface area (Å²) in [6, 6.07) is -0.389. The van der Waals surface area contributed by atoms with Crippen molar-refractivity contribution in [2.75, 3.05) is 25.2 Å². The van der Waals surface area contributed by atoms with Crippen molar-refractivity contribution in [3.63, 3.8) is 0 Å². The maximum Gasteiger partial charge on any atom is 0.306 e. The van der Waals surface area contributed by atoms with Crippen molar-refractivity contribution in [3.05, 3.63) is 0 Å². The minimum absolute atomic E-state index is 0.0508. The van der Waals surface area contributed by atoms with E-state index in [1.807, 2.05) is 0 Å². The maximum atomic E-state index is 11.5. The van der Waals surface area contributed by atoms with E-state index in [4.69, 9.17) is 0 Å².